The number of thiophene rings is 5. The van der Waals surface area contributed by atoms with Gasteiger partial charge in [0.15, 0.2) is 0 Å². The van der Waals surface area contributed by atoms with Crippen LogP contribution in [-0.4, -0.2) is 11.1 Å². The molecule has 5 heterocycles. The number of aromatic carboxylic acids is 1. The molecule has 0 unspecified atom stereocenters. The van der Waals surface area contributed by atoms with Crippen LogP contribution in [0.2, 0.25) is 0 Å². The van der Waals surface area contributed by atoms with Gasteiger partial charge in [-0.15, -0.1) is 22.7 Å². The number of hydrogen-bond acceptors (Lipinski definition) is 7. The van der Waals surface area contributed by atoms with Crippen LogP contribution in [0.4, 0.5) is 5.00 Å². The van der Waals surface area contributed by atoms with Crippen LogP contribution in [-0.2, 0) is 5.33 Å². The SMILES string of the molecule is Cc1ccsc1.Cc1csc(C)c1CBr.Cc1csc(N)c1C.Cc1cscc1Br.Cc1cscc1C(=O)O. The zero-order chi connectivity index (χ0) is 29.5. The Morgan fingerprint density at radius 3 is 1.59 bits per heavy atom. The molecule has 5 aromatic rings. The molecule has 0 saturated carbocycles. The summed E-state index contributed by atoms with van der Waals surface area (Å²) in [6.07, 6.45) is 0. The van der Waals surface area contributed by atoms with E-state index in [0.717, 1.165) is 15.9 Å². The van der Waals surface area contributed by atoms with Gasteiger partial charge in [0.2, 0.25) is 0 Å². The molecule has 0 aliphatic heterocycles. The van der Waals surface area contributed by atoms with Gasteiger partial charge in [0, 0.05) is 25.4 Å². The molecular formula is C29H35Br2NO2S5. The molecule has 0 aliphatic carbocycles. The lowest BCUT2D eigenvalue weighted by molar-refractivity contribution is 0.0696. The molecule has 10 heteroatoms. The summed E-state index contributed by atoms with van der Waals surface area (Å²) in [6.45, 7) is 14.4. The largest absolute Gasteiger partial charge is 0.478 e. The van der Waals surface area contributed by atoms with Crippen molar-refractivity contribution < 1.29 is 9.90 Å². The Bertz CT molecular complexity index is 1320. The molecule has 0 aliphatic rings. The molecule has 0 aromatic carbocycles. The third kappa shape index (κ3) is 13.3. The van der Waals surface area contributed by atoms with Crippen LogP contribution in [0.25, 0.3) is 0 Å². The van der Waals surface area contributed by atoms with Crippen molar-refractivity contribution in [3.8, 4) is 0 Å². The van der Waals surface area contributed by atoms with Gasteiger partial charge in [0.25, 0.3) is 0 Å². The second-order valence-electron chi connectivity index (χ2n) is 8.47. The Morgan fingerprint density at radius 2 is 1.41 bits per heavy atom. The van der Waals surface area contributed by atoms with E-state index in [4.69, 9.17) is 10.8 Å². The number of aryl methyl sites for hydroxylation is 6. The standard InChI is InChI=1S/C7H9BrS.C6H9NS.C6H6O2S.C5H5BrS.C5H6S/c1-5-4-9-6(2)7(5)3-8;1-4-3-8-6(7)5(4)2;1-4-2-9-3-5(4)6(7)8;1-4-2-7-3-5(4)6;1-5-2-3-6-4-5/h4H,3H2,1-2H3;3H,7H2,1-2H3;2-3H,1H3,(H,7,8);2-3H,1H3;2-4H,1H3. The first-order chi connectivity index (χ1) is 18.4. The summed E-state index contributed by atoms with van der Waals surface area (Å²) in [4.78, 5) is 11.7. The van der Waals surface area contributed by atoms with Gasteiger partial charge in [-0.25, -0.2) is 4.79 Å². The van der Waals surface area contributed by atoms with Crippen molar-refractivity contribution in [3.05, 3.63) is 103 Å². The molecule has 0 radical (unpaired) electrons. The highest BCUT2D eigenvalue weighted by atomic mass is 79.9. The third-order valence-electron chi connectivity index (χ3n) is 5.31. The average molecular weight is 750 g/mol. The van der Waals surface area contributed by atoms with Crippen molar-refractivity contribution >= 4 is 99.5 Å². The topological polar surface area (TPSA) is 63.3 Å². The minimum Gasteiger partial charge on any atom is -0.478 e. The molecule has 0 spiro atoms. The molecule has 0 atom stereocenters. The van der Waals surface area contributed by atoms with Crippen LogP contribution in [0.15, 0.2) is 53.6 Å². The maximum atomic E-state index is 10.3. The van der Waals surface area contributed by atoms with Crippen LogP contribution in [0.5, 0.6) is 0 Å². The maximum Gasteiger partial charge on any atom is 0.336 e. The highest BCUT2D eigenvalue weighted by molar-refractivity contribution is 9.10. The lowest BCUT2D eigenvalue weighted by atomic mass is 10.2. The number of anilines is 1. The molecule has 3 N–H and O–H groups in total. The molecule has 0 fully saturated rings. The number of carboxylic acids is 1. The lowest BCUT2D eigenvalue weighted by Gasteiger charge is -1.92. The number of nitrogen functional groups attached to an aromatic ring is 1. The second kappa shape index (κ2) is 19.0. The van der Waals surface area contributed by atoms with E-state index in [2.05, 4.69) is 105 Å². The molecule has 39 heavy (non-hydrogen) atoms. The van der Waals surface area contributed by atoms with Gasteiger partial charge in [-0.2, -0.15) is 34.0 Å². The fourth-order valence-electron chi connectivity index (χ4n) is 2.58. The molecule has 5 rings (SSSR count). The van der Waals surface area contributed by atoms with E-state index >= 15 is 0 Å². The number of nitrogens with two attached hydrogens (primary N) is 1. The second-order valence-corrected chi connectivity index (χ2v) is 14.1. The van der Waals surface area contributed by atoms with E-state index in [0.29, 0.717) is 5.56 Å². The van der Waals surface area contributed by atoms with Crippen molar-refractivity contribution in [2.45, 2.75) is 53.8 Å². The summed E-state index contributed by atoms with van der Waals surface area (Å²) in [5, 5.41) is 26.5. The van der Waals surface area contributed by atoms with Crippen molar-refractivity contribution in [1.82, 2.24) is 0 Å². The molecule has 5 aromatic heterocycles. The van der Waals surface area contributed by atoms with E-state index in [9.17, 15) is 4.79 Å². The summed E-state index contributed by atoms with van der Waals surface area (Å²) >= 11 is 15.1. The number of hydrogen-bond donors (Lipinski definition) is 2. The van der Waals surface area contributed by atoms with Crippen LogP contribution in [0.1, 0.15) is 54.2 Å². The van der Waals surface area contributed by atoms with Crippen molar-refractivity contribution in [2.24, 2.45) is 0 Å². The smallest absolute Gasteiger partial charge is 0.336 e. The summed E-state index contributed by atoms with van der Waals surface area (Å²) < 4.78 is 1.22. The van der Waals surface area contributed by atoms with Crippen molar-refractivity contribution in [2.75, 3.05) is 5.73 Å². The number of alkyl halides is 1. The first kappa shape index (κ1) is 35.8. The zero-order valence-electron chi connectivity index (χ0n) is 23.1. The molecule has 0 bridgehead atoms. The van der Waals surface area contributed by atoms with Gasteiger partial charge in [-0.05, 0) is 142 Å². The summed E-state index contributed by atoms with van der Waals surface area (Å²) in [7, 11) is 0. The number of carbonyl (C=O) groups is 1. The molecule has 0 saturated heterocycles. The Balaban J connectivity index is 0.000000245. The summed E-state index contributed by atoms with van der Waals surface area (Å²) in [5.74, 6) is -0.839. The molecule has 3 nitrogen and oxygen atoms in total. The maximum absolute atomic E-state index is 10.3. The van der Waals surface area contributed by atoms with E-state index in [-0.39, 0.29) is 0 Å². The third-order valence-corrected chi connectivity index (χ3v) is 11.7. The number of carboxylic acid groups (broad SMARTS) is 1. The number of rotatable bonds is 2. The van der Waals surface area contributed by atoms with E-state index < -0.39 is 5.97 Å². The van der Waals surface area contributed by atoms with E-state index in [1.165, 1.54) is 54.1 Å². The van der Waals surface area contributed by atoms with Gasteiger partial charge >= 0.3 is 5.97 Å². The fraction of sp³-hybridized carbons (Fsp3) is 0.276. The first-order valence-corrected chi connectivity index (χ1v) is 18.2. The van der Waals surface area contributed by atoms with Gasteiger partial charge in [0.05, 0.1) is 10.6 Å². The van der Waals surface area contributed by atoms with E-state index in [1.54, 1.807) is 46.3 Å². The van der Waals surface area contributed by atoms with Gasteiger partial charge in [-0.1, -0.05) is 15.9 Å². The predicted octanol–water partition coefficient (Wildman–Crippen LogP) is 11.8. The molecule has 0 amide bonds. The van der Waals surface area contributed by atoms with Crippen molar-refractivity contribution in [1.29, 1.82) is 0 Å². The highest BCUT2D eigenvalue weighted by Gasteiger charge is 2.05. The normalized spacial score (nSPS) is 9.56. The van der Waals surface area contributed by atoms with E-state index in [1.807, 2.05) is 23.6 Å². The average Bonchev–Trinajstić information content (AvgIpc) is 3.73. The minimum atomic E-state index is -0.839. The van der Waals surface area contributed by atoms with Gasteiger partial charge in [-0.3, -0.25) is 0 Å². The zero-order valence-corrected chi connectivity index (χ0v) is 30.4. The Hall–Kier alpha value is -1.27. The van der Waals surface area contributed by atoms with Gasteiger partial charge < -0.3 is 10.8 Å². The lowest BCUT2D eigenvalue weighted by Crippen LogP contribution is -1.94. The molecular weight excluding hydrogens is 714 g/mol. The fourth-order valence-corrected chi connectivity index (χ4v) is 8.10. The van der Waals surface area contributed by atoms with Crippen LogP contribution < -0.4 is 5.73 Å². The van der Waals surface area contributed by atoms with Crippen LogP contribution >= 0.6 is 88.5 Å². The summed E-state index contributed by atoms with van der Waals surface area (Å²) in [6, 6.07) is 2.10. The summed E-state index contributed by atoms with van der Waals surface area (Å²) in [5.41, 5.74) is 14.9. The van der Waals surface area contributed by atoms with Gasteiger partial charge in [0.1, 0.15) is 0 Å². The molecule has 212 valence electrons. The van der Waals surface area contributed by atoms with Crippen LogP contribution in [0.3, 0.4) is 0 Å². The van der Waals surface area contributed by atoms with Crippen LogP contribution in [0, 0.1) is 48.5 Å². The van der Waals surface area contributed by atoms with Crippen molar-refractivity contribution in [3.63, 3.8) is 0 Å². The monoisotopic (exact) mass is 747 g/mol. The Kier molecular flexibility index (Phi) is 17.4. The quantitative estimate of drug-likeness (QED) is 0.177. The number of halogens is 2. The highest BCUT2D eigenvalue weighted by Crippen LogP contribution is 2.23. The first-order valence-electron chi connectivity index (χ1n) is 11.7. The Labute approximate surface area is 269 Å². The predicted molar refractivity (Wildman–Crippen MR) is 186 cm³/mol. The Morgan fingerprint density at radius 1 is 0.795 bits per heavy atom. The minimum absolute atomic E-state index is 0.417.